The maximum atomic E-state index is 12.5. The van der Waals surface area contributed by atoms with Crippen LogP contribution < -0.4 is 10.6 Å². The molecule has 27 heavy (non-hydrogen) atoms. The normalized spacial score (nSPS) is 13.4. The maximum Gasteiger partial charge on any atom is 0.251 e. The van der Waals surface area contributed by atoms with E-state index in [0.29, 0.717) is 29.1 Å². The van der Waals surface area contributed by atoms with Gasteiger partial charge in [0.15, 0.2) is 5.76 Å². The Morgan fingerprint density at radius 3 is 2.89 bits per heavy atom. The van der Waals surface area contributed by atoms with Gasteiger partial charge in [-0.2, -0.15) is 0 Å². The number of thioether (sulfide) groups is 1. The molecule has 0 radical (unpaired) electrons. The molecule has 0 atom stereocenters. The van der Waals surface area contributed by atoms with Crippen molar-refractivity contribution in [1.29, 1.82) is 0 Å². The Morgan fingerprint density at radius 1 is 1.19 bits per heavy atom. The molecule has 136 valence electrons. The van der Waals surface area contributed by atoms with Crippen molar-refractivity contribution in [2.45, 2.75) is 17.9 Å². The van der Waals surface area contributed by atoms with E-state index in [1.807, 2.05) is 42.5 Å². The van der Waals surface area contributed by atoms with Crippen LogP contribution in [0.5, 0.6) is 0 Å². The fourth-order valence-electron chi connectivity index (χ4n) is 2.77. The van der Waals surface area contributed by atoms with E-state index in [9.17, 15) is 9.59 Å². The van der Waals surface area contributed by atoms with E-state index in [0.717, 1.165) is 16.2 Å². The minimum atomic E-state index is -0.231. The molecule has 0 spiro atoms. The number of carbonyl (C=O) groups is 2. The standard InChI is InChI=1S/C20H17N3O3S/c24-19-8-9-27-18-7-6-14(10-16(18)22-19)20(25)21-12-15-11-17(26-23-15)13-4-2-1-3-5-13/h1-7,10-11H,8-9,12H2,(H,21,25)(H,22,24). The summed E-state index contributed by atoms with van der Waals surface area (Å²) in [7, 11) is 0. The van der Waals surface area contributed by atoms with E-state index in [2.05, 4.69) is 15.8 Å². The first-order chi connectivity index (χ1) is 13.2. The molecule has 2 N–H and O–H groups in total. The van der Waals surface area contributed by atoms with Gasteiger partial charge in [-0.05, 0) is 18.2 Å². The summed E-state index contributed by atoms with van der Waals surface area (Å²) in [5, 5.41) is 9.68. The van der Waals surface area contributed by atoms with E-state index in [1.165, 1.54) is 0 Å². The third-order valence-electron chi connectivity index (χ3n) is 4.15. The summed E-state index contributed by atoms with van der Waals surface area (Å²) in [6.07, 6.45) is 0.469. The van der Waals surface area contributed by atoms with Crippen LogP contribution in [0.4, 0.5) is 5.69 Å². The van der Waals surface area contributed by atoms with Gasteiger partial charge in [0.2, 0.25) is 5.91 Å². The predicted octanol–water partition coefficient (Wildman–Crippen LogP) is 3.71. The average molecular weight is 379 g/mol. The SMILES string of the molecule is O=C1CCSc2ccc(C(=O)NCc3cc(-c4ccccc4)on3)cc2N1. The number of hydrogen-bond acceptors (Lipinski definition) is 5. The first-order valence-corrected chi connectivity index (χ1v) is 9.53. The summed E-state index contributed by atoms with van der Waals surface area (Å²) < 4.78 is 5.34. The minimum Gasteiger partial charge on any atom is -0.356 e. The second-order valence-electron chi connectivity index (χ2n) is 6.09. The van der Waals surface area contributed by atoms with Crippen molar-refractivity contribution in [3.8, 4) is 11.3 Å². The highest BCUT2D eigenvalue weighted by atomic mass is 32.2. The number of aromatic nitrogens is 1. The van der Waals surface area contributed by atoms with E-state index < -0.39 is 0 Å². The maximum absolute atomic E-state index is 12.5. The summed E-state index contributed by atoms with van der Waals surface area (Å²) in [5.74, 6) is 1.13. The molecule has 0 saturated carbocycles. The Morgan fingerprint density at radius 2 is 2.04 bits per heavy atom. The summed E-state index contributed by atoms with van der Waals surface area (Å²) >= 11 is 1.61. The zero-order chi connectivity index (χ0) is 18.6. The summed E-state index contributed by atoms with van der Waals surface area (Å²) in [6, 6.07) is 16.8. The van der Waals surface area contributed by atoms with Gasteiger partial charge in [-0.1, -0.05) is 35.5 Å². The Hall–Kier alpha value is -3.06. The summed E-state index contributed by atoms with van der Waals surface area (Å²) in [4.78, 5) is 25.1. The van der Waals surface area contributed by atoms with Crippen molar-refractivity contribution < 1.29 is 14.1 Å². The quantitative estimate of drug-likeness (QED) is 0.722. The van der Waals surface area contributed by atoms with Gasteiger partial charge < -0.3 is 15.2 Å². The van der Waals surface area contributed by atoms with Gasteiger partial charge in [0, 0.05) is 34.3 Å². The van der Waals surface area contributed by atoms with Crippen LogP contribution in [-0.4, -0.2) is 22.7 Å². The van der Waals surface area contributed by atoms with Crippen LogP contribution in [-0.2, 0) is 11.3 Å². The number of nitrogens with zero attached hydrogens (tertiary/aromatic N) is 1. The highest BCUT2D eigenvalue weighted by Crippen LogP contribution is 2.31. The highest BCUT2D eigenvalue weighted by Gasteiger charge is 2.16. The monoisotopic (exact) mass is 379 g/mol. The van der Waals surface area contributed by atoms with Gasteiger partial charge in [0.25, 0.3) is 5.91 Å². The third-order valence-corrected chi connectivity index (χ3v) is 5.23. The van der Waals surface area contributed by atoms with Gasteiger partial charge in [-0.25, -0.2) is 0 Å². The Labute approximate surface area is 160 Å². The smallest absolute Gasteiger partial charge is 0.251 e. The second kappa shape index (κ2) is 7.67. The lowest BCUT2D eigenvalue weighted by molar-refractivity contribution is -0.115. The molecule has 3 aromatic rings. The molecule has 2 heterocycles. The lowest BCUT2D eigenvalue weighted by Gasteiger charge is -2.09. The molecule has 2 aromatic carbocycles. The van der Waals surface area contributed by atoms with Crippen LogP contribution in [0, 0.1) is 0 Å². The minimum absolute atomic E-state index is 0.0325. The summed E-state index contributed by atoms with van der Waals surface area (Å²) in [5.41, 5.74) is 2.74. The number of amides is 2. The molecule has 0 fully saturated rings. The first-order valence-electron chi connectivity index (χ1n) is 8.55. The number of fused-ring (bicyclic) bond motifs is 1. The fourth-order valence-corrected chi connectivity index (χ4v) is 3.70. The van der Waals surface area contributed by atoms with Crippen LogP contribution >= 0.6 is 11.8 Å². The molecule has 2 amide bonds. The number of anilines is 1. The molecule has 7 heteroatoms. The third kappa shape index (κ3) is 4.03. The van der Waals surface area contributed by atoms with E-state index in [1.54, 1.807) is 23.9 Å². The van der Waals surface area contributed by atoms with Gasteiger partial charge >= 0.3 is 0 Å². The van der Waals surface area contributed by atoms with E-state index in [4.69, 9.17) is 4.52 Å². The largest absolute Gasteiger partial charge is 0.356 e. The van der Waals surface area contributed by atoms with E-state index >= 15 is 0 Å². The van der Waals surface area contributed by atoms with Gasteiger partial charge in [0.05, 0.1) is 12.2 Å². The molecule has 1 aliphatic rings. The molecule has 1 aliphatic heterocycles. The Balaban J connectivity index is 1.43. The highest BCUT2D eigenvalue weighted by molar-refractivity contribution is 7.99. The Kier molecular flexibility index (Phi) is 4.93. The van der Waals surface area contributed by atoms with Crippen molar-refractivity contribution in [2.24, 2.45) is 0 Å². The number of benzene rings is 2. The topological polar surface area (TPSA) is 84.2 Å². The molecule has 4 rings (SSSR count). The van der Waals surface area contributed by atoms with Crippen LogP contribution in [0.25, 0.3) is 11.3 Å². The van der Waals surface area contributed by atoms with Crippen molar-refractivity contribution >= 4 is 29.3 Å². The zero-order valence-electron chi connectivity index (χ0n) is 14.4. The summed E-state index contributed by atoms with van der Waals surface area (Å²) in [6.45, 7) is 0.257. The van der Waals surface area contributed by atoms with Gasteiger partial charge in [-0.15, -0.1) is 11.8 Å². The van der Waals surface area contributed by atoms with Crippen LogP contribution in [0.15, 0.2) is 64.0 Å². The molecule has 0 saturated heterocycles. The molecule has 1 aromatic heterocycles. The van der Waals surface area contributed by atoms with Crippen LogP contribution in [0.1, 0.15) is 22.5 Å². The van der Waals surface area contributed by atoms with Crippen molar-refractivity contribution in [1.82, 2.24) is 10.5 Å². The first kappa shape index (κ1) is 17.4. The molecule has 6 nitrogen and oxygen atoms in total. The number of carbonyl (C=O) groups excluding carboxylic acids is 2. The lowest BCUT2D eigenvalue weighted by atomic mass is 10.1. The van der Waals surface area contributed by atoms with Gasteiger partial charge in [-0.3, -0.25) is 9.59 Å². The Bertz CT molecular complexity index is 985. The van der Waals surface area contributed by atoms with Gasteiger partial charge in [0.1, 0.15) is 5.69 Å². The average Bonchev–Trinajstić information content (AvgIpc) is 3.08. The molecule has 0 aliphatic carbocycles. The van der Waals surface area contributed by atoms with Crippen molar-refractivity contribution in [3.05, 3.63) is 65.9 Å². The number of hydrogen-bond donors (Lipinski definition) is 2. The number of nitrogens with one attached hydrogen (secondary N) is 2. The molecular formula is C20H17N3O3S. The van der Waals surface area contributed by atoms with Crippen molar-refractivity contribution in [2.75, 3.05) is 11.1 Å². The lowest BCUT2D eigenvalue weighted by Crippen LogP contribution is -2.23. The van der Waals surface area contributed by atoms with E-state index in [-0.39, 0.29) is 18.4 Å². The number of rotatable bonds is 4. The molecular weight excluding hydrogens is 362 g/mol. The predicted molar refractivity (Wildman–Crippen MR) is 104 cm³/mol. The van der Waals surface area contributed by atoms with Crippen molar-refractivity contribution in [3.63, 3.8) is 0 Å². The fraction of sp³-hybridized carbons (Fsp3) is 0.150. The van der Waals surface area contributed by atoms with Crippen LogP contribution in [0.3, 0.4) is 0 Å². The zero-order valence-corrected chi connectivity index (χ0v) is 15.2. The molecule has 0 bridgehead atoms. The molecule has 0 unspecified atom stereocenters. The second-order valence-corrected chi connectivity index (χ2v) is 7.23. The van der Waals surface area contributed by atoms with Crippen LogP contribution in [0.2, 0.25) is 0 Å².